The highest BCUT2D eigenvalue weighted by Gasteiger charge is 1.93. The summed E-state index contributed by atoms with van der Waals surface area (Å²) < 4.78 is 0. The van der Waals surface area contributed by atoms with E-state index in [2.05, 4.69) is 6.07 Å². The maximum absolute atomic E-state index is 8.78. The van der Waals surface area contributed by atoms with Gasteiger partial charge in [-0.2, -0.15) is 5.26 Å². The SMILES string of the molecule is CCS/C(C#N)=C\c1ccccc1. The van der Waals surface area contributed by atoms with Gasteiger partial charge in [-0.1, -0.05) is 37.3 Å². The highest BCUT2D eigenvalue weighted by Crippen LogP contribution is 2.17. The highest BCUT2D eigenvalue weighted by atomic mass is 32.2. The minimum Gasteiger partial charge on any atom is -0.192 e. The molecule has 0 amide bonds. The van der Waals surface area contributed by atoms with Crippen LogP contribution in [0.3, 0.4) is 0 Å². The second kappa shape index (κ2) is 5.45. The molecule has 0 aliphatic heterocycles. The Labute approximate surface area is 83.1 Å². The zero-order chi connectivity index (χ0) is 9.52. The fourth-order valence-electron chi connectivity index (χ4n) is 0.962. The molecule has 1 aromatic rings. The topological polar surface area (TPSA) is 23.8 Å². The van der Waals surface area contributed by atoms with E-state index < -0.39 is 0 Å². The number of hydrogen-bond acceptors (Lipinski definition) is 2. The lowest BCUT2D eigenvalue weighted by atomic mass is 10.2. The summed E-state index contributed by atoms with van der Waals surface area (Å²) in [4.78, 5) is 0.772. The van der Waals surface area contributed by atoms with E-state index in [-0.39, 0.29) is 0 Å². The molecule has 0 aliphatic rings. The van der Waals surface area contributed by atoms with E-state index >= 15 is 0 Å². The maximum atomic E-state index is 8.78. The molecular weight excluding hydrogens is 178 g/mol. The lowest BCUT2D eigenvalue weighted by Gasteiger charge is -1.95. The molecule has 0 radical (unpaired) electrons. The third-order valence-electron chi connectivity index (χ3n) is 1.51. The van der Waals surface area contributed by atoms with Crippen LogP contribution in [0.1, 0.15) is 12.5 Å². The lowest BCUT2D eigenvalue weighted by Crippen LogP contribution is -1.75. The average molecular weight is 189 g/mol. The molecule has 0 atom stereocenters. The van der Waals surface area contributed by atoms with E-state index in [0.717, 1.165) is 16.2 Å². The summed E-state index contributed by atoms with van der Waals surface area (Å²) in [6.45, 7) is 2.04. The molecule has 2 heteroatoms. The molecule has 0 saturated carbocycles. The number of nitriles is 1. The first-order valence-corrected chi connectivity index (χ1v) is 5.15. The number of rotatable bonds is 3. The lowest BCUT2D eigenvalue weighted by molar-refractivity contribution is 1.51. The van der Waals surface area contributed by atoms with Crippen molar-refractivity contribution in [1.82, 2.24) is 0 Å². The Morgan fingerprint density at radius 2 is 2.15 bits per heavy atom. The minimum atomic E-state index is 0.772. The number of nitrogens with zero attached hydrogens (tertiary/aromatic N) is 1. The summed E-state index contributed by atoms with van der Waals surface area (Å²) in [6.07, 6.45) is 1.91. The largest absolute Gasteiger partial charge is 0.192 e. The predicted octanol–water partition coefficient (Wildman–Crippen LogP) is 3.30. The molecular formula is C11H11NS. The van der Waals surface area contributed by atoms with Crippen LogP contribution in [0.5, 0.6) is 0 Å². The zero-order valence-corrected chi connectivity index (χ0v) is 8.34. The van der Waals surface area contributed by atoms with Gasteiger partial charge in [0.25, 0.3) is 0 Å². The van der Waals surface area contributed by atoms with Crippen LogP contribution >= 0.6 is 11.8 Å². The van der Waals surface area contributed by atoms with E-state index in [0.29, 0.717) is 0 Å². The molecule has 13 heavy (non-hydrogen) atoms. The Balaban J connectivity index is 2.81. The molecule has 0 bridgehead atoms. The minimum absolute atomic E-state index is 0.772. The van der Waals surface area contributed by atoms with Crippen molar-refractivity contribution in [2.75, 3.05) is 5.75 Å². The first-order chi connectivity index (χ1) is 6.36. The second-order valence-corrected chi connectivity index (χ2v) is 3.77. The van der Waals surface area contributed by atoms with Gasteiger partial charge in [-0.3, -0.25) is 0 Å². The van der Waals surface area contributed by atoms with Crippen molar-refractivity contribution in [3.63, 3.8) is 0 Å². The van der Waals surface area contributed by atoms with E-state index in [4.69, 9.17) is 5.26 Å². The summed E-state index contributed by atoms with van der Waals surface area (Å²) in [7, 11) is 0. The monoisotopic (exact) mass is 189 g/mol. The fourth-order valence-corrected chi connectivity index (χ4v) is 1.56. The van der Waals surface area contributed by atoms with E-state index in [1.54, 1.807) is 11.8 Å². The molecule has 0 aromatic heterocycles. The van der Waals surface area contributed by atoms with Gasteiger partial charge in [0.1, 0.15) is 6.07 Å². The third kappa shape index (κ3) is 3.35. The Kier molecular flexibility index (Phi) is 4.14. The molecule has 0 heterocycles. The molecule has 0 fully saturated rings. The van der Waals surface area contributed by atoms with Crippen LogP contribution < -0.4 is 0 Å². The van der Waals surface area contributed by atoms with Crippen LogP contribution in [0.25, 0.3) is 6.08 Å². The molecule has 0 aliphatic carbocycles. The van der Waals surface area contributed by atoms with Gasteiger partial charge in [0, 0.05) is 0 Å². The van der Waals surface area contributed by atoms with E-state index in [9.17, 15) is 0 Å². The van der Waals surface area contributed by atoms with Crippen molar-refractivity contribution in [2.24, 2.45) is 0 Å². The fraction of sp³-hybridized carbons (Fsp3) is 0.182. The van der Waals surface area contributed by atoms with Crippen LogP contribution in [0, 0.1) is 11.3 Å². The first kappa shape index (κ1) is 9.88. The van der Waals surface area contributed by atoms with Gasteiger partial charge in [-0.25, -0.2) is 0 Å². The van der Waals surface area contributed by atoms with Crippen LogP contribution in [0.15, 0.2) is 35.2 Å². The van der Waals surface area contributed by atoms with E-state index in [1.165, 1.54) is 0 Å². The molecule has 0 unspecified atom stereocenters. The van der Waals surface area contributed by atoms with Crippen molar-refractivity contribution in [3.05, 3.63) is 40.8 Å². The van der Waals surface area contributed by atoms with Gasteiger partial charge in [0.05, 0.1) is 4.91 Å². The Morgan fingerprint density at radius 1 is 1.46 bits per heavy atom. The molecule has 0 saturated heterocycles. The quantitative estimate of drug-likeness (QED) is 0.681. The van der Waals surface area contributed by atoms with Gasteiger partial charge in [0.15, 0.2) is 0 Å². The average Bonchev–Trinajstić information content (AvgIpc) is 2.19. The third-order valence-corrected chi connectivity index (χ3v) is 2.32. The Hall–Kier alpha value is -1.20. The molecule has 66 valence electrons. The molecule has 0 N–H and O–H groups in total. The molecule has 1 nitrogen and oxygen atoms in total. The van der Waals surface area contributed by atoms with Gasteiger partial charge in [0.2, 0.25) is 0 Å². The summed E-state index contributed by atoms with van der Waals surface area (Å²) in [5, 5.41) is 8.78. The Bertz CT molecular complexity index is 322. The standard InChI is InChI=1S/C11H11NS/c1-2-13-11(9-12)8-10-6-4-3-5-7-10/h3-8H,2H2,1H3/b11-8-. The van der Waals surface area contributed by atoms with Crippen LogP contribution in [0.2, 0.25) is 0 Å². The van der Waals surface area contributed by atoms with E-state index in [1.807, 2.05) is 43.3 Å². The van der Waals surface area contributed by atoms with Crippen LogP contribution in [0.4, 0.5) is 0 Å². The second-order valence-electron chi connectivity index (χ2n) is 2.46. The van der Waals surface area contributed by atoms with Crippen molar-refractivity contribution >= 4 is 17.8 Å². The zero-order valence-electron chi connectivity index (χ0n) is 7.53. The number of benzene rings is 1. The van der Waals surface area contributed by atoms with Crippen molar-refractivity contribution in [1.29, 1.82) is 5.26 Å². The molecule has 1 rings (SSSR count). The van der Waals surface area contributed by atoms with Gasteiger partial charge in [-0.05, 0) is 17.4 Å². The van der Waals surface area contributed by atoms with Gasteiger partial charge < -0.3 is 0 Å². The predicted molar refractivity (Wildman–Crippen MR) is 58.2 cm³/mol. The smallest absolute Gasteiger partial charge is 0.106 e. The normalized spacial score (nSPS) is 10.9. The molecule has 0 spiro atoms. The molecule has 1 aromatic carbocycles. The maximum Gasteiger partial charge on any atom is 0.106 e. The van der Waals surface area contributed by atoms with Gasteiger partial charge >= 0.3 is 0 Å². The number of allylic oxidation sites excluding steroid dienone is 1. The number of hydrogen-bond donors (Lipinski definition) is 0. The highest BCUT2D eigenvalue weighted by molar-refractivity contribution is 8.03. The van der Waals surface area contributed by atoms with Gasteiger partial charge in [-0.15, -0.1) is 11.8 Å². The van der Waals surface area contributed by atoms with Crippen molar-refractivity contribution < 1.29 is 0 Å². The Morgan fingerprint density at radius 3 is 2.69 bits per heavy atom. The van der Waals surface area contributed by atoms with Crippen molar-refractivity contribution in [3.8, 4) is 6.07 Å². The summed E-state index contributed by atoms with van der Waals surface area (Å²) in [6, 6.07) is 12.1. The summed E-state index contributed by atoms with van der Waals surface area (Å²) >= 11 is 1.57. The first-order valence-electron chi connectivity index (χ1n) is 4.16. The summed E-state index contributed by atoms with van der Waals surface area (Å²) in [5.74, 6) is 0.937. The van der Waals surface area contributed by atoms with Crippen molar-refractivity contribution in [2.45, 2.75) is 6.92 Å². The summed E-state index contributed by atoms with van der Waals surface area (Å²) in [5.41, 5.74) is 1.08. The van der Waals surface area contributed by atoms with Crippen LogP contribution in [-0.4, -0.2) is 5.75 Å². The number of thioether (sulfide) groups is 1. The van der Waals surface area contributed by atoms with Crippen LogP contribution in [-0.2, 0) is 0 Å².